The molecule has 0 aromatic heterocycles. The van der Waals surface area contributed by atoms with Gasteiger partial charge in [-0.3, -0.25) is 10.1 Å². The Hall–Kier alpha value is -0.220. The molecule has 0 spiro atoms. The summed E-state index contributed by atoms with van der Waals surface area (Å²) in [5, 5.41) is 3.99. The van der Waals surface area contributed by atoms with Gasteiger partial charge in [-0.05, 0) is 31.9 Å². The van der Waals surface area contributed by atoms with E-state index in [1.54, 1.807) is 0 Å². The van der Waals surface area contributed by atoms with Crippen molar-refractivity contribution in [1.29, 1.82) is 0 Å². The molecule has 1 saturated carbocycles. The minimum atomic E-state index is 0.0304. The first-order valence-corrected chi connectivity index (χ1v) is 6.92. The van der Waals surface area contributed by atoms with Crippen molar-refractivity contribution in [3.05, 3.63) is 0 Å². The summed E-state index contributed by atoms with van der Waals surface area (Å²) in [6.07, 6.45) is 3.66. The van der Waals surface area contributed by atoms with Crippen LogP contribution in [0.25, 0.3) is 0 Å². The molecule has 1 heterocycles. The Kier molecular flexibility index (Phi) is 3.57. The summed E-state index contributed by atoms with van der Waals surface area (Å²) in [7, 11) is 0. The van der Waals surface area contributed by atoms with Crippen molar-refractivity contribution < 1.29 is 4.79 Å². The fourth-order valence-corrected chi connectivity index (χ4v) is 3.68. The first-order chi connectivity index (χ1) is 7.22. The SMILES string of the molecule is CCSC1CCC(N2CNC(C)C2=O)C1. The minimum absolute atomic E-state index is 0.0304. The van der Waals surface area contributed by atoms with Gasteiger partial charge in [0.25, 0.3) is 0 Å². The summed E-state index contributed by atoms with van der Waals surface area (Å²) < 4.78 is 0. The maximum Gasteiger partial charge on any atom is 0.240 e. The Morgan fingerprint density at radius 1 is 1.53 bits per heavy atom. The van der Waals surface area contributed by atoms with E-state index in [1.807, 2.05) is 23.6 Å². The van der Waals surface area contributed by atoms with Crippen LogP contribution in [0.2, 0.25) is 0 Å². The number of nitrogens with one attached hydrogen (secondary N) is 1. The maximum absolute atomic E-state index is 11.8. The van der Waals surface area contributed by atoms with Crippen LogP contribution < -0.4 is 5.32 Å². The van der Waals surface area contributed by atoms with E-state index >= 15 is 0 Å². The standard InChI is InChI=1S/C11H20N2OS/c1-3-15-10-5-4-9(6-10)13-7-12-8(2)11(13)14/h8-10,12H,3-7H2,1-2H3. The second kappa shape index (κ2) is 4.74. The Morgan fingerprint density at radius 2 is 2.33 bits per heavy atom. The summed E-state index contributed by atoms with van der Waals surface area (Å²) >= 11 is 2.05. The molecule has 0 aromatic rings. The number of rotatable bonds is 3. The quantitative estimate of drug-likeness (QED) is 0.793. The molecule has 1 aliphatic heterocycles. The highest BCUT2D eigenvalue weighted by molar-refractivity contribution is 7.99. The molecule has 15 heavy (non-hydrogen) atoms. The molecule has 2 rings (SSSR count). The van der Waals surface area contributed by atoms with Gasteiger partial charge in [0.05, 0.1) is 12.7 Å². The average Bonchev–Trinajstić information content (AvgIpc) is 2.77. The van der Waals surface area contributed by atoms with Crippen molar-refractivity contribution in [2.75, 3.05) is 12.4 Å². The maximum atomic E-state index is 11.8. The molecular weight excluding hydrogens is 208 g/mol. The highest BCUT2D eigenvalue weighted by atomic mass is 32.2. The number of carbonyl (C=O) groups is 1. The fraction of sp³-hybridized carbons (Fsp3) is 0.909. The van der Waals surface area contributed by atoms with Gasteiger partial charge >= 0.3 is 0 Å². The van der Waals surface area contributed by atoms with Gasteiger partial charge in [-0.25, -0.2) is 0 Å². The molecular formula is C11H20N2OS. The van der Waals surface area contributed by atoms with E-state index in [0.717, 1.165) is 11.9 Å². The van der Waals surface area contributed by atoms with Crippen LogP contribution >= 0.6 is 11.8 Å². The largest absolute Gasteiger partial charge is 0.326 e. The van der Waals surface area contributed by atoms with Crippen LogP contribution in [0.1, 0.15) is 33.1 Å². The summed E-state index contributed by atoms with van der Waals surface area (Å²) in [5.74, 6) is 1.49. The molecule has 4 heteroatoms. The second-order valence-electron chi connectivity index (χ2n) is 4.44. The molecule has 0 aromatic carbocycles. The third-order valence-corrected chi connectivity index (χ3v) is 4.65. The molecule has 2 aliphatic rings. The smallest absolute Gasteiger partial charge is 0.240 e. The van der Waals surface area contributed by atoms with Crippen LogP contribution in [0.4, 0.5) is 0 Å². The van der Waals surface area contributed by atoms with E-state index in [-0.39, 0.29) is 6.04 Å². The first-order valence-electron chi connectivity index (χ1n) is 5.87. The third-order valence-electron chi connectivity index (χ3n) is 3.42. The number of amides is 1. The zero-order valence-electron chi connectivity index (χ0n) is 9.53. The molecule has 2 fully saturated rings. The van der Waals surface area contributed by atoms with Crippen molar-refractivity contribution in [3.8, 4) is 0 Å². The Bertz CT molecular complexity index is 247. The molecule has 0 bridgehead atoms. The molecule has 1 amide bonds. The van der Waals surface area contributed by atoms with Gasteiger partial charge in [0.15, 0.2) is 0 Å². The topological polar surface area (TPSA) is 32.3 Å². The summed E-state index contributed by atoms with van der Waals surface area (Å²) in [6.45, 7) is 4.92. The van der Waals surface area contributed by atoms with Crippen molar-refractivity contribution in [3.63, 3.8) is 0 Å². The number of carbonyl (C=O) groups excluding carboxylic acids is 1. The van der Waals surface area contributed by atoms with E-state index in [1.165, 1.54) is 25.0 Å². The van der Waals surface area contributed by atoms with Crippen LogP contribution in [0.3, 0.4) is 0 Å². The number of nitrogens with zero attached hydrogens (tertiary/aromatic N) is 1. The van der Waals surface area contributed by atoms with E-state index in [9.17, 15) is 4.79 Å². The van der Waals surface area contributed by atoms with Crippen LogP contribution in [-0.4, -0.2) is 40.6 Å². The number of hydrogen-bond acceptors (Lipinski definition) is 3. The Labute approximate surface area is 96.0 Å². The molecule has 0 radical (unpaired) electrons. The lowest BCUT2D eigenvalue weighted by Crippen LogP contribution is -2.36. The molecule has 1 saturated heterocycles. The van der Waals surface area contributed by atoms with Gasteiger partial charge in [-0.1, -0.05) is 6.92 Å². The van der Waals surface area contributed by atoms with E-state index in [0.29, 0.717) is 11.9 Å². The summed E-state index contributed by atoms with van der Waals surface area (Å²) in [6, 6.07) is 0.530. The van der Waals surface area contributed by atoms with Crippen molar-refractivity contribution in [2.24, 2.45) is 0 Å². The Morgan fingerprint density at radius 3 is 2.93 bits per heavy atom. The van der Waals surface area contributed by atoms with E-state index < -0.39 is 0 Å². The van der Waals surface area contributed by atoms with Gasteiger partial charge in [0.2, 0.25) is 5.91 Å². The summed E-state index contributed by atoms with van der Waals surface area (Å²) in [4.78, 5) is 13.9. The predicted octanol–water partition coefficient (Wildman–Crippen LogP) is 1.44. The first kappa shape index (κ1) is 11.3. The molecule has 3 unspecified atom stereocenters. The van der Waals surface area contributed by atoms with Crippen LogP contribution in [0.15, 0.2) is 0 Å². The van der Waals surface area contributed by atoms with Crippen LogP contribution in [-0.2, 0) is 4.79 Å². The minimum Gasteiger partial charge on any atom is -0.326 e. The molecule has 3 nitrogen and oxygen atoms in total. The molecule has 86 valence electrons. The van der Waals surface area contributed by atoms with E-state index in [2.05, 4.69) is 12.2 Å². The molecule has 1 N–H and O–H groups in total. The van der Waals surface area contributed by atoms with Crippen molar-refractivity contribution in [2.45, 2.75) is 50.4 Å². The highest BCUT2D eigenvalue weighted by Crippen LogP contribution is 2.33. The lowest BCUT2D eigenvalue weighted by atomic mass is 10.2. The van der Waals surface area contributed by atoms with Crippen molar-refractivity contribution >= 4 is 17.7 Å². The fourth-order valence-electron chi connectivity index (χ4n) is 2.55. The van der Waals surface area contributed by atoms with Crippen LogP contribution in [0.5, 0.6) is 0 Å². The number of thioether (sulfide) groups is 1. The normalized spacial score (nSPS) is 36.5. The average molecular weight is 228 g/mol. The van der Waals surface area contributed by atoms with Gasteiger partial charge in [0, 0.05) is 11.3 Å². The lowest BCUT2D eigenvalue weighted by molar-refractivity contribution is -0.130. The predicted molar refractivity (Wildman–Crippen MR) is 63.9 cm³/mol. The lowest BCUT2D eigenvalue weighted by Gasteiger charge is -2.23. The van der Waals surface area contributed by atoms with Crippen LogP contribution in [0, 0.1) is 0 Å². The molecule has 3 atom stereocenters. The third kappa shape index (κ3) is 2.31. The zero-order valence-corrected chi connectivity index (χ0v) is 10.3. The second-order valence-corrected chi connectivity index (χ2v) is 6.01. The van der Waals surface area contributed by atoms with Crippen molar-refractivity contribution in [1.82, 2.24) is 10.2 Å². The number of hydrogen-bond donors (Lipinski definition) is 1. The van der Waals surface area contributed by atoms with E-state index in [4.69, 9.17) is 0 Å². The zero-order chi connectivity index (χ0) is 10.8. The van der Waals surface area contributed by atoms with Gasteiger partial charge in [-0.2, -0.15) is 11.8 Å². The van der Waals surface area contributed by atoms with Gasteiger partial charge in [0.1, 0.15) is 0 Å². The monoisotopic (exact) mass is 228 g/mol. The Balaban J connectivity index is 1.88. The summed E-state index contributed by atoms with van der Waals surface area (Å²) in [5.41, 5.74) is 0. The van der Waals surface area contributed by atoms with Gasteiger partial charge < -0.3 is 4.90 Å². The van der Waals surface area contributed by atoms with Gasteiger partial charge in [-0.15, -0.1) is 0 Å². The molecule has 1 aliphatic carbocycles. The highest BCUT2D eigenvalue weighted by Gasteiger charge is 2.36.